The van der Waals surface area contributed by atoms with Gasteiger partial charge in [0.25, 0.3) is 5.91 Å². The highest BCUT2D eigenvalue weighted by Gasteiger charge is 2.16. The van der Waals surface area contributed by atoms with Crippen molar-refractivity contribution in [1.82, 2.24) is 15.1 Å². The second-order valence-electron chi connectivity index (χ2n) is 4.55. The lowest BCUT2D eigenvalue weighted by Crippen LogP contribution is -2.24. The molecule has 0 unspecified atom stereocenters. The van der Waals surface area contributed by atoms with E-state index in [2.05, 4.69) is 10.4 Å². The molecule has 0 fully saturated rings. The van der Waals surface area contributed by atoms with Gasteiger partial charge in [-0.3, -0.25) is 9.48 Å². The van der Waals surface area contributed by atoms with Crippen molar-refractivity contribution in [3.63, 3.8) is 0 Å². The second kappa shape index (κ2) is 5.14. The first-order valence-corrected chi connectivity index (χ1v) is 6.12. The Labute approximate surface area is 112 Å². The zero-order valence-electron chi connectivity index (χ0n) is 11.4. The van der Waals surface area contributed by atoms with Crippen LogP contribution >= 0.6 is 0 Å². The number of nitrogen functional groups attached to an aromatic ring is 1. The minimum Gasteiger partial charge on any atom is -0.398 e. The van der Waals surface area contributed by atoms with Crippen molar-refractivity contribution < 1.29 is 4.79 Å². The van der Waals surface area contributed by atoms with Gasteiger partial charge in [-0.2, -0.15) is 5.10 Å². The summed E-state index contributed by atoms with van der Waals surface area (Å²) in [6.07, 6.45) is 0. The predicted molar refractivity (Wildman–Crippen MR) is 74.7 cm³/mol. The van der Waals surface area contributed by atoms with E-state index in [1.165, 1.54) is 0 Å². The molecule has 100 valence electrons. The van der Waals surface area contributed by atoms with Gasteiger partial charge in [0, 0.05) is 25.0 Å². The van der Waals surface area contributed by atoms with Crippen molar-refractivity contribution in [1.29, 1.82) is 0 Å². The first kappa shape index (κ1) is 13.1. The van der Waals surface area contributed by atoms with Crippen molar-refractivity contribution in [3.8, 4) is 0 Å². The van der Waals surface area contributed by atoms with Crippen molar-refractivity contribution in [2.75, 3.05) is 5.73 Å². The Hall–Kier alpha value is -2.30. The number of hydrogen-bond acceptors (Lipinski definition) is 3. The number of aryl methyl sites for hydroxylation is 2. The van der Waals surface area contributed by atoms with Gasteiger partial charge in [0.15, 0.2) is 0 Å². The number of nitrogens with one attached hydrogen (secondary N) is 1. The molecule has 5 heteroatoms. The lowest BCUT2D eigenvalue weighted by molar-refractivity contribution is 0.0949. The predicted octanol–water partition coefficient (Wildman–Crippen LogP) is 1.55. The molecule has 19 heavy (non-hydrogen) atoms. The molecule has 5 nitrogen and oxygen atoms in total. The molecule has 2 aromatic rings. The molecule has 1 heterocycles. The summed E-state index contributed by atoms with van der Waals surface area (Å²) in [6.45, 7) is 4.13. The van der Waals surface area contributed by atoms with Gasteiger partial charge >= 0.3 is 0 Å². The van der Waals surface area contributed by atoms with Gasteiger partial charge in [0.2, 0.25) is 0 Å². The van der Waals surface area contributed by atoms with Crippen LogP contribution in [0, 0.1) is 13.8 Å². The van der Waals surface area contributed by atoms with Crippen LogP contribution in [0.2, 0.25) is 0 Å². The van der Waals surface area contributed by atoms with Gasteiger partial charge in [-0.1, -0.05) is 18.2 Å². The van der Waals surface area contributed by atoms with E-state index in [4.69, 9.17) is 5.73 Å². The Balaban J connectivity index is 2.12. The summed E-state index contributed by atoms with van der Waals surface area (Å²) in [5, 5.41) is 7.11. The largest absolute Gasteiger partial charge is 0.398 e. The third-order valence-corrected chi connectivity index (χ3v) is 3.23. The van der Waals surface area contributed by atoms with E-state index >= 15 is 0 Å². The fraction of sp³-hybridized carbons (Fsp3) is 0.286. The number of para-hydroxylation sites is 1. The smallest absolute Gasteiger partial charge is 0.255 e. The van der Waals surface area contributed by atoms with E-state index in [0.717, 1.165) is 17.0 Å². The van der Waals surface area contributed by atoms with Crippen LogP contribution in [-0.4, -0.2) is 15.7 Å². The standard InChI is InChI=1S/C14H18N4O/c1-9-13(10(2)18(3)17-9)14(19)16-8-11-6-4-5-7-12(11)15/h4-7H,8,15H2,1-3H3,(H,16,19). The quantitative estimate of drug-likeness (QED) is 0.820. The third kappa shape index (κ3) is 2.59. The fourth-order valence-corrected chi connectivity index (χ4v) is 2.06. The van der Waals surface area contributed by atoms with Crippen LogP contribution in [0.25, 0.3) is 0 Å². The normalized spacial score (nSPS) is 10.5. The number of nitrogens with two attached hydrogens (primary N) is 1. The topological polar surface area (TPSA) is 72.9 Å². The Morgan fingerprint density at radius 1 is 1.37 bits per heavy atom. The van der Waals surface area contributed by atoms with E-state index < -0.39 is 0 Å². The molecule has 0 spiro atoms. The molecule has 1 amide bonds. The molecule has 2 rings (SSSR count). The molecular weight excluding hydrogens is 240 g/mol. The average Bonchev–Trinajstić information content (AvgIpc) is 2.62. The van der Waals surface area contributed by atoms with Crippen molar-refractivity contribution in [3.05, 3.63) is 46.8 Å². The van der Waals surface area contributed by atoms with Gasteiger partial charge in [-0.15, -0.1) is 0 Å². The minimum atomic E-state index is -0.119. The summed E-state index contributed by atoms with van der Waals surface area (Å²) in [4.78, 5) is 12.2. The highest BCUT2D eigenvalue weighted by Crippen LogP contribution is 2.13. The summed E-state index contributed by atoms with van der Waals surface area (Å²) < 4.78 is 1.71. The minimum absolute atomic E-state index is 0.119. The zero-order chi connectivity index (χ0) is 14.0. The lowest BCUT2D eigenvalue weighted by Gasteiger charge is -2.08. The molecule has 0 aliphatic rings. The van der Waals surface area contributed by atoms with E-state index in [0.29, 0.717) is 17.8 Å². The van der Waals surface area contributed by atoms with E-state index in [-0.39, 0.29) is 5.91 Å². The molecule has 0 aliphatic carbocycles. The van der Waals surface area contributed by atoms with Gasteiger partial charge in [0.05, 0.1) is 11.3 Å². The van der Waals surface area contributed by atoms with E-state index in [1.807, 2.05) is 45.2 Å². The van der Waals surface area contributed by atoms with Gasteiger partial charge in [-0.05, 0) is 25.5 Å². The number of benzene rings is 1. The maximum atomic E-state index is 12.2. The number of anilines is 1. The Morgan fingerprint density at radius 2 is 2.05 bits per heavy atom. The van der Waals surface area contributed by atoms with E-state index in [9.17, 15) is 4.79 Å². The number of carbonyl (C=O) groups excluding carboxylic acids is 1. The molecule has 0 aliphatic heterocycles. The number of carbonyl (C=O) groups is 1. The van der Waals surface area contributed by atoms with Gasteiger partial charge < -0.3 is 11.1 Å². The molecular formula is C14H18N4O. The SMILES string of the molecule is Cc1nn(C)c(C)c1C(=O)NCc1ccccc1N. The van der Waals surface area contributed by atoms with Gasteiger partial charge in [-0.25, -0.2) is 0 Å². The Kier molecular flexibility index (Phi) is 3.55. The Bertz CT molecular complexity index is 616. The molecule has 1 aromatic carbocycles. The molecule has 0 saturated carbocycles. The molecule has 0 bridgehead atoms. The van der Waals surface area contributed by atoms with Crippen molar-refractivity contribution in [2.45, 2.75) is 20.4 Å². The second-order valence-corrected chi connectivity index (χ2v) is 4.55. The highest BCUT2D eigenvalue weighted by atomic mass is 16.1. The van der Waals surface area contributed by atoms with Crippen LogP contribution in [0.15, 0.2) is 24.3 Å². The summed E-state index contributed by atoms with van der Waals surface area (Å²) in [7, 11) is 1.83. The molecule has 0 atom stereocenters. The Morgan fingerprint density at radius 3 is 2.63 bits per heavy atom. The van der Waals surface area contributed by atoms with Crippen LogP contribution in [0.1, 0.15) is 27.3 Å². The third-order valence-electron chi connectivity index (χ3n) is 3.23. The number of rotatable bonds is 3. The zero-order valence-corrected chi connectivity index (χ0v) is 11.4. The van der Waals surface area contributed by atoms with Crippen LogP contribution < -0.4 is 11.1 Å². The van der Waals surface area contributed by atoms with Crippen molar-refractivity contribution in [2.24, 2.45) is 7.05 Å². The number of nitrogens with zero attached hydrogens (tertiary/aromatic N) is 2. The maximum absolute atomic E-state index is 12.2. The number of aromatic nitrogens is 2. The highest BCUT2D eigenvalue weighted by molar-refractivity contribution is 5.96. The summed E-state index contributed by atoms with van der Waals surface area (Å²) >= 11 is 0. The summed E-state index contributed by atoms with van der Waals surface area (Å²) in [6, 6.07) is 7.50. The summed E-state index contributed by atoms with van der Waals surface area (Å²) in [5.41, 5.74) is 9.66. The molecule has 0 radical (unpaired) electrons. The number of hydrogen-bond donors (Lipinski definition) is 2. The molecule has 3 N–H and O–H groups in total. The van der Waals surface area contributed by atoms with Crippen molar-refractivity contribution >= 4 is 11.6 Å². The fourth-order valence-electron chi connectivity index (χ4n) is 2.06. The van der Waals surface area contributed by atoms with Crippen LogP contribution in [0.4, 0.5) is 5.69 Å². The van der Waals surface area contributed by atoms with Crippen LogP contribution in [0.3, 0.4) is 0 Å². The van der Waals surface area contributed by atoms with E-state index in [1.54, 1.807) is 4.68 Å². The van der Waals surface area contributed by atoms with Gasteiger partial charge in [0.1, 0.15) is 0 Å². The number of amides is 1. The summed E-state index contributed by atoms with van der Waals surface area (Å²) in [5.74, 6) is -0.119. The average molecular weight is 258 g/mol. The first-order chi connectivity index (χ1) is 9.00. The maximum Gasteiger partial charge on any atom is 0.255 e. The van der Waals surface area contributed by atoms with Crippen LogP contribution in [0.5, 0.6) is 0 Å². The lowest BCUT2D eigenvalue weighted by atomic mass is 10.1. The monoisotopic (exact) mass is 258 g/mol. The molecule has 1 aromatic heterocycles. The first-order valence-electron chi connectivity index (χ1n) is 6.12. The molecule has 0 saturated heterocycles. The van der Waals surface area contributed by atoms with Crippen LogP contribution in [-0.2, 0) is 13.6 Å².